The molecule has 5 nitrogen and oxygen atoms in total. The third-order valence-corrected chi connectivity index (χ3v) is 4.58. The fourth-order valence-electron chi connectivity index (χ4n) is 3.26. The van der Waals surface area contributed by atoms with Crippen LogP contribution >= 0.6 is 0 Å². The highest BCUT2D eigenvalue weighted by atomic mass is 16.2. The smallest absolute Gasteiger partial charge is 0.319 e. The van der Waals surface area contributed by atoms with Gasteiger partial charge in [0.1, 0.15) is 0 Å². The Bertz CT molecular complexity index is 992. The molecular formula is C21H19N3O2. The second-order valence-electron chi connectivity index (χ2n) is 6.37. The number of rotatable bonds is 3. The van der Waals surface area contributed by atoms with Gasteiger partial charge in [-0.15, -0.1) is 0 Å². The van der Waals surface area contributed by atoms with Crippen LogP contribution in [0.4, 0.5) is 16.2 Å². The predicted molar refractivity (Wildman–Crippen MR) is 103 cm³/mol. The van der Waals surface area contributed by atoms with Crippen LogP contribution in [-0.2, 0) is 17.8 Å². The van der Waals surface area contributed by atoms with Gasteiger partial charge in [0.2, 0.25) is 5.91 Å². The van der Waals surface area contributed by atoms with E-state index >= 15 is 0 Å². The van der Waals surface area contributed by atoms with Crippen molar-refractivity contribution in [1.29, 1.82) is 0 Å². The minimum absolute atomic E-state index is 0.0334. The summed E-state index contributed by atoms with van der Waals surface area (Å²) in [5.74, 6) is 0.0334. The molecule has 0 atom stereocenters. The Kier molecular flexibility index (Phi) is 4.27. The second-order valence-corrected chi connectivity index (χ2v) is 6.37. The molecule has 1 aliphatic heterocycles. The lowest BCUT2D eigenvalue weighted by Gasteiger charge is -2.18. The van der Waals surface area contributed by atoms with Crippen molar-refractivity contribution in [2.24, 2.45) is 0 Å². The van der Waals surface area contributed by atoms with Crippen LogP contribution in [0, 0.1) is 0 Å². The van der Waals surface area contributed by atoms with Gasteiger partial charge in [0.05, 0.1) is 0 Å². The van der Waals surface area contributed by atoms with Crippen molar-refractivity contribution in [1.82, 2.24) is 5.32 Å². The fraction of sp³-hybridized carbons (Fsp3) is 0.143. The minimum Gasteiger partial charge on any atom is -0.334 e. The number of anilines is 2. The molecule has 130 valence electrons. The number of benzene rings is 3. The molecule has 3 amide bonds. The molecule has 1 aliphatic rings. The van der Waals surface area contributed by atoms with Crippen LogP contribution in [0.5, 0.6) is 0 Å². The summed E-state index contributed by atoms with van der Waals surface area (Å²) in [6.45, 7) is 0.453. The van der Waals surface area contributed by atoms with E-state index in [4.69, 9.17) is 0 Å². The number of amides is 3. The van der Waals surface area contributed by atoms with Gasteiger partial charge in [-0.05, 0) is 46.5 Å². The summed E-state index contributed by atoms with van der Waals surface area (Å²) >= 11 is 0. The summed E-state index contributed by atoms with van der Waals surface area (Å²) in [6.07, 6.45) is 1.16. The molecule has 0 aromatic heterocycles. The van der Waals surface area contributed by atoms with Crippen molar-refractivity contribution < 1.29 is 9.59 Å². The molecule has 4 rings (SSSR count). The zero-order chi connectivity index (χ0) is 17.9. The topological polar surface area (TPSA) is 70.2 Å². The van der Waals surface area contributed by atoms with Crippen molar-refractivity contribution in [2.45, 2.75) is 19.4 Å². The maximum Gasteiger partial charge on any atom is 0.319 e. The van der Waals surface area contributed by atoms with Crippen molar-refractivity contribution in [2.75, 3.05) is 10.6 Å². The predicted octanol–water partition coefficient (Wildman–Crippen LogP) is 4.05. The van der Waals surface area contributed by atoms with E-state index in [9.17, 15) is 9.59 Å². The number of nitrogens with one attached hydrogen (secondary N) is 3. The van der Waals surface area contributed by atoms with Crippen LogP contribution in [0.15, 0.2) is 60.7 Å². The van der Waals surface area contributed by atoms with Crippen LogP contribution in [-0.4, -0.2) is 11.9 Å². The number of carbonyl (C=O) groups is 2. The molecular weight excluding hydrogens is 326 g/mol. The van der Waals surface area contributed by atoms with Gasteiger partial charge < -0.3 is 16.0 Å². The van der Waals surface area contributed by atoms with Gasteiger partial charge in [0.15, 0.2) is 0 Å². The van der Waals surface area contributed by atoms with Gasteiger partial charge in [-0.2, -0.15) is 0 Å². The molecule has 5 heteroatoms. The monoisotopic (exact) mass is 345 g/mol. The Labute approximate surface area is 151 Å². The van der Waals surface area contributed by atoms with E-state index in [1.54, 1.807) is 6.07 Å². The van der Waals surface area contributed by atoms with Crippen LogP contribution in [0.3, 0.4) is 0 Å². The maximum absolute atomic E-state index is 12.3. The lowest BCUT2D eigenvalue weighted by molar-refractivity contribution is -0.116. The molecule has 0 saturated heterocycles. The van der Waals surface area contributed by atoms with Crippen LogP contribution in [0.1, 0.15) is 17.5 Å². The normalized spacial score (nSPS) is 13.0. The number of urea groups is 1. The summed E-state index contributed by atoms with van der Waals surface area (Å²) in [5.41, 5.74) is 3.65. The van der Waals surface area contributed by atoms with Gasteiger partial charge in [-0.3, -0.25) is 4.79 Å². The average molecular weight is 345 g/mol. The number of carbonyl (C=O) groups excluding carboxylic acids is 2. The number of aryl methyl sites for hydroxylation is 1. The molecule has 0 radical (unpaired) electrons. The van der Waals surface area contributed by atoms with Crippen molar-refractivity contribution in [3.8, 4) is 0 Å². The summed E-state index contributed by atoms with van der Waals surface area (Å²) in [7, 11) is 0. The number of hydrogen-bond donors (Lipinski definition) is 3. The third kappa shape index (κ3) is 3.37. The largest absolute Gasteiger partial charge is 0.334 e. The van der Waals surface area contributed by atoms with Crippen LogP contribution in [0.25, 0.3) is 10.8 Å². The van der Waals surface area contributed by atoms with Crippen LogP contribution in [0.2, 0.25) is 0 Å². The van der Waals surface area contributed by atoms with E-state index in [1.165, 1.54) is 0 Å². The molecule has 0 aliphatic carbocycles. The lowest BCUT2D eigenvalue weighted by Crippen LogP contribution is -2.28. The summed E-state index contributed by atoms with van der Waals surface area (Å²) in [4.78, 5) is 23.7. The van der Waals surface area contributed by atoms with E-state index in [2.05, 4.69) is 34.1 Å². The van der Waals surface area contributed by atoms with E-state index in [1.807, 2.05) is 36.4 Å². The summed E-state index contributed by atoms with van der Waals surface area (Å²) in [5, 5.41) is 10.9. The first kappa shape index (κ1) is 16.1. The number of hydrogen-bond acceptors (Lipinski definition) is 2. The Hall–Kier alpha value is -3.34. The quantitative estimate of drug-likeness (QED) is 0.670. The summed E-state index contributed by atoms with van der Waals surface area (Å²) in [6, 6.07) is 19.5. The Morgan fingerprint density at radius 1 is 1.00 bits per heavy atom. The molecule has 0 fully saturated rings. The summed E-state index contributed by atoms with van der Waals surface area (Å²) < 4.78 is 0. The molecule has 3 N–H and O–H groups in total. The van der Waals surface area contributed by atoms with Gasteiger partial charge in [0.25, 0.3) is 0 Å². The van der Waals surface area contributed by atoms with Gasteiger partial charge in [0, 0.05) is 24.3 Å². The molecule has 0 bridgehead atoms. The molecule has 0 unspecified atom stereocenters. The number of fused-ring (bicyclic) bond motifs is 2. The third-order valence-electron chi connectivity index (χ3n) is 4.58. The molecule has 3 aromatic carbocycles. The van der Waals surface area contributed by atoms with E-state index in [0.717, 1.165) is 33.3 Å². The highest BCUT2D eigenvalue weighted by Crippen LogP contribution is 2.25. The van der Waals surface area contributed by atoms with Crippen molar-refractivity contribution >= 4 is 34.1 Å². The minimum atomic E-state index is -0.252. The Morgan fingerprint density at radius 3 is 2.77 bits per heavy atom. The van der Waals surface area contributed by atoms with Crippen LogP contribution < -0.4 is 16.0 Å². The van der Waals surface area contributed by atoms with Crippen molar-refractivity contribution in [3.63, 3.8) is 0 Å². The first-order valence-electron chi connectivity index (χ1n) is 8.63. The first-order valence-corrected chi connectivity index (χ1v) is 8.63. The molecule has 1 heterocycles. The molecule has 26 heavy (non-hydrogen) atoms. The maximum atomic E-state index is 12.3. The zero-order valence-corrected chi connectivity index (χ0v) is 14.2. The highest BCUT2D eigenvalue weighted by molar-refractivity contribution is 5.95. The Morgan fingerprint density at radius 2 is 1.85 bits per heavy atom. The van der Waals surface area contributed by atoms with Crippen molar-refractivity contribution in [3.05, 3.63) is 71.8 Å². The van der Waals surface area contributed by atoms with E-state index < -0.39 is 0 Å². The molecule has 0 spiro atoms. The lowest BCUT2D eigenvalue weighted by atomic mass is 10.0. The Balaban J connectivity index is 1.42. The first-order chi connectivity index (χ1) is 12.7. The fourth-order valence-corrected chi connectivity index (χ4v) is 3.26. The standard InChI is InChI=1S/C21H19N3O2/c25-20-11-8-15-12-17(9-10-19(15)24-20)23-21(26)22-13-16-6-3-5-14-4-1-2-7-18(14)16/h1-7,9-10,12H,8,11,13H2,(H,24,25)(H2,22,23,26). The zero-order valence-electron chi connectivity index (χ0n) is 14.2. The van der Waals surface area contributed by atoms with E-state index in [-0.39, 0.29) is 11.9 Å². The van der Waals surface area contributed by atoms with E-state index in [0.29, 0.717) is 19.4 Å². The van der Waals surface area contributed by atoms with Gasteiger partial charge in [-0.1, -0.05) is 42.5 Å². The van der Waals surface area contributed by atoms with Gasteiger partial charge >= 0.3 is 6.03 Å². The average Bonchev–Trinajstić information content (AvgIpc) is 2.66. The second kappa shape index (κ2) is 6.88. The SMILES string of the molecule is O=C1CCc2cc(NC(=O)NCc3cccc4ccccc34)ccc2N1. The molecule has 0 saturated carbocycles. The highest BCUT2D eigenvalue weighted by Gasteiger charge is 2.15. The molecule has 3 aromatic rings. The van der Waals surface area contributed by atoms with Gasteiger partial charge in [-0.25, -0.2) is 4.79 Å².